The molecule has 4 N–H and O–H groups in total. The standard InChI is InChI=1S/C20H25F2N7/c1-29-18-15(11-25-29)17(26-14-7-9-20(21,22)10-8-14)27-19(28-18)24-12-16(23)13-5-3-2-4-6-13/h2-6,11,14,16H,7-10,12,23H2,1H3,(H2,24,26,27,28). The van der Waals surface area contributed by atoms with E-state index in [4.69, 9.17) is 5.73 Å². The first-order valence-corrected chi connectivity index (χ1v) is 9.80. The predicted octanol–water partition coefficient (Wildman–Crippen LogP) is 3.47. The van der Waals surface area contributed by atoms with Crippen LogP contribution in [0, 0.1) is 0 Å². The van der Waals surface area contributed by atoms with Crippen molar-refractivity contribution in [1.29, 1.82) is 0 Å². The summed E-state index contributed by atoms with van der Waals surface area (Å²) in [5.41, 5.74) is 7.94. The van der Waals surface area contributed by atoms with Crippen LogP contribution in [0.1, 0.15) is 37.3 Å². The maximum atomic E-state index is 13.5. The van der Waals surface area contributed by atoms with E-state index in [1.54, 1.807) is 17.9 Å². The lowest BCUT2D eigenvalue weighted by Gasteiger charge is -2.29. The lowest BCUT2D eigenvalue weighted by Crippen LogP contribution is -2.32. The Balaban J connectivity index is 1.52. The lowest BCUT2D eigenvalue weighted by atomic mass is 9.92. The fraction of sp³-hybridized carbons (Fsp3) is 0.450. The summed E-state index contributed by atoms with van der Waals surface area (Å²) in [6, 6.07) is 9.53. The van der Waals surface area contributed by atoms with Gasteiger partial charge in [0, 0.05) is 38.5 Å². The highest BCUT2D eigenvalue weighted by Gasteiger charge is 2.35. The highest BCUT2D eigenvalue weighted by atomic mass is 19.3. The fourth-order valence-electron chi connectivity index (χ4n) is 3.61. The van der Waals surface area contributed by atoms with Crippen LogP contribution in [0.2, 0.25) is 0 Å². The van der Waals surface area contributed by atoms with Crippen LogP contribution < -0.4 is 16.4 Å². The van der Waals surface area contributed by atoms with E-state index in [1.807, 2.05) is 30.3 Å². The first-order chi connectivity index (χ1) is 13.9. The summed E-state index contributed by atoms with van der Waals surface area (Å²) in [6.07, 6.45) is 2.28. The molecule has 2 heterocycles. The van der Waals surface area contributed by atoms with Crippen LogP contribution in [0.5, 0.6) is 0 Å². The summed E-state index contributed by atoms with van der Waals surface area (Å²) in [5.74, 6) is -1.53. The monoisotopic (exact) mass is 401 g/mol. The third-order valence-corrected chi connectivity index (χ3v) is 5.36. The van der Waals surface area contributed by atoms with Gasteiger partial charge in [0.2, 0.25) is 11.9 Å². The van der Waals surface area contributed by atoms with Crippen molar-refractivity contribution in [1.82, 2.24) is 19.7 Å². The molecule has 9 heteroatoms. The second-order valence-electron chi connectivity index (χ2n) is 7.57. The lowest BCUT2D eigenvalue weighted by molar-refractivity contribution is -0.0361. The Morgan fingerprint density at radius 3 is 2.66 bits per heavy atom. The molecule has 3 aromatic rings. The molecule has 1 atom stereocenters. The molecule has 2 aromatic heterocycles. The average Bonchev–Trinajstić information content (AvgIpc) is 3.09. The summed E-state index contributed by atoms with van der Waals surface area (Å²) in [7, 11) is 1.81. The van der Waals surface area contributed by atoms with Gasteiger partial charge >= 0.3 is 0 Å². The molecule has 1 aliphatic carbocycles. The Kier molecular flexibility index (Phi) is 5.31. The summed E-state index contributed by atoms with van der Waals surface area (Å²) in [5, 5.41) is 11.5. The van der Waals surface area contributed by atoms with E-state index in [2.05, 4.69) is 25.7 Å². The smallest absolute Gasteiger partial charge is 0.248 e. The molecule has 1 aliphatic rings. The molecule has 1 fully saturated rings. The number of aryl methyl sites for hydroxylation is 1. The van der Waals surface area contributed by atoms with Crippen molar-refractivity contribution in [3.63, 3.8) is 0 Å². The van der Waals surface area contributed by atoms with Crippen LogP contribution >= 0.6 is 0 Å². The number of nitrogens with two attached hydrogens (primary N) is 1. The molecule has 0 amide bonds. The maximum Gasteiger partial charge on any atom is 0.248 e. The number of nitrogens with zero attached hydrogens (tertiary/aromatic N) is 4. The number of halogens is 2. The van der Waals surface area contributed by atoms with Gasteiger partial charge in [0.25, 0.3) is 0 Å². The molecule has 154 valence electrons. The number of benzene rings is 1. The molecular formula is C20H25F2N7. The predicted molar refractivity (Wildman–Crippen MR) is 109 cm³/mol. The zero-order chi connectivity index (χ0) is 20.4. The Morgan fingerprint density at radius 1 is 1.21 bits per heavy atom. The molecule has 1 unspecified atom stereocenters. The van der Waals surface area contributed by atoms with Gasteiger partial charge in [-0.3, -0.25) is 4.68 Å². The molecule has 1 aromatic carbocycles. The van der Waals surface area contributed by atoms with Crippen molar-refractivity contribution in [2.45, 2.75) is 43.7 Å². The van der Waals surface area contributed by atoms with Crippen molar-refractivity contribution in [3.05, 3.63) is 42.1 Å². The largest absolute Gasteiger partial charge is 0.367 e. The molecule has 0 bridgehead atoms. The topological polar surface area (TPSA) is 93.7 Å². The van der Waals surface area contributed by atoms with Gasteiger partial charge in [-0.1, -0.05) is 30.3 Å². The van der Waals surface area contributed by atoms with Crippen LogP contribution in [0.25, 0.3) is 11.0 Å². The fourth-order valence-corrected chi connectivity index (χ4v) is 3.61. The van der Waals surface area contributed by atoms with Crippen molar-refractivity contribution in [3.8, 4) is 0 Å². The first-order valence-electron chi connectivity index (χ1n) is 9.80. The number of fused-ring (bicyclic) bond motifs is 1. The Bertz CT molecular complexity index is 964. The normalized spacial score (nSPS) is 17.9. The molecule has 0 radical (unpaired) electrons. The Hall–Kier alpha value is -2.81. The number of aromatic nitrogens is 4. The van der Waals surface area contributed by atoms with Crippen molar-refractivity contribution >= 4 is 22.8 Å². The molecule has 0 aliphatic heterocycles. The van der Waals surface area contributed by atoms with Gasteiger partial charge in [-0.2, -0.15) is 15.1 Å². The number of anilines is 2. The third kappa shape index (κ3) is 4.45. The van der Waals surface area contributed by atoms with Crippen molar-refractivity contribution < 1.29 is 8.78 Å². The summed E-state index contributed by atoms with van der Waals surface area (Å²) in [4.78, 5) is 9.12. The summed E-state index contributed by atoms with van der Waals surface area (Å²) >= 11 is 0. The minimum atomic E-state index is -2.56. The third-order valence-electron chi connectivity index (χ3n) is 5.36. The van der Waals surface area contributed by atoms with Crippen LogP contribution in [0.3, 0.4) is 0 Å². The second kappa shape index (κ2) is 7.90. The summed E-state index contributed by atoms with van der Waals surface area (Å²) < 4.78 is 28.6. The van der Waals surface area contributed by atoms with Crippen molar-refractivity contribution in [2.24, 2.45) is 12.8 Å². The maximum absolute atomic E-state index is 13.5. The highest BCUT2D eigenvalue weighted by molar-refractivity contribution is 5.87. The Morgan fingerprint density at radius 2 is 1.93 bits per heavy atom. The number of alkyl halides is 2. The quantitative estimate of drug-likeness (QED) is 0.586. The van der Waals surface area contributed by atoms with Gasteiger partial charge in [-0.25, -0.2) is 8.78 Å². The molecule has 7 nitrogen and oxygen atoms in total. The van der Waals surface area contributed by atoms with Crippen LogP contribution in [-0.4, -0.2) is 38.3 Å². The minimum Gasteiger partial charge on any atom is -0.367 e. The van der Waals surface area contributed by atoms with Crippen molar-refractivity contribution in [2.75, 3.05) is 17.2 Å². The van der Waals surface area contributed by atoms with E-state index < -0.39 is 5.92 Å². The average molecular weight is 401 g/mol. The minimum absolute atomic E-state index is 0.0487. The summed E-state index contributed by atoms with van der Waals surface area (Å²) in [6.45, 7) is 0.461. The number of hydrogen-bond acceptors (Lipinski definition) is 6. The van der Waals surface area contributed by atoms with E-state index in [0.717, 1.165) is 10.9 Å². The van der Waals surface area contributed by atoms with Gasteiger partial charge < -0.3 is 16.4 Å². The van der Waals surface area contributed by atoms with Gasteiger partial charge in [0.1, 0.15) is 5.82 Å². The van der Waals surface area contributed by atoms with E-state index in [1.165, 1.54) is 0 Å². The molecule has 0 spiro atoms. The highest BCUT2D eigenvalue weighted by Crippen LogP contribution is 2.35. The Labute approximate surface area is 167 Å². The van der Waals surface area contributed by atoms with E-state index >= 15 is 0 Å². The number of hydrogen-bond donors (Lipinski definition) is 3. The first kappa shape index (κ1) is 19.5. The van der Waals surface area contributed by atoms with Crippen LogP contribution in [0.4, 0.5) is 20.5 Å². The molecular weight excluding hydrogens is 376 g/mol. The van der Waals surface area contributed by atoms with E-state index in [-0.39, 0.29) is 24.9 Å². The molecule has 0 saturated heterocycles. The molecule has 1 saturated carbocycles. The van der Waals surface area contributed by atoms with E-state index in [0.29, 0.717) is 36.8 Å². The van der Waals surface area contributed by atoms with Gasteiger partial charge in [-0.15, -0.1) is 0 Å². The number of nitrogens with one attached hydrogen (secondary N) is 2. The molecule has 29 heavy (non-hydrogen) atoms. The van der Waals surface area contributed by atoms with Crippen LogP contribution in [-0.2, 0) is 7.05 Å². The van der Waals surface area contributed by atoms with E-state index in [9.17, 15) is 8.78 Å². The second-order valence-corrected chi connectivity index (χ2v) is 7.57. The number of rotatable bonds is 6. The zero-order valence-electron chi connectivity index (χ0n) is 16.3. The molecule has 4 rings (SSSR count). The van der Waals surface area contributed by atoms with Gasteiger partial charge in [0.15, 0.2) is 5.65 Å². The van der Waals surface area contributed by atoms with Gasteiger partial charge in [-0.05, 0) is 18.4 Å². The SMILES string of the molecule is Cn1ncc2c(NC3CCC(F)(F)CC3)nc(NCC(N)c3ccccc3)nc21. The van der Waals surface area contributed by atoms with Gasteiger partial charge in [0.05, 0.1) is 11.6 Å². The van der Waals surface area contributed by atoms with Crippen LogP contribution in [0.15, 0.2) is 36.5 Å². The zero-order valence-corrected chi connectivity index (χ0v) is 16.3.